The predicted molar refractivity (Wildman–Crippen MR) is 186 cm³/mol. The van der Waals surface area contributed by atoms with Gasteiger partial charge in [-0.25, -0.2) is 19.2 Å². The monoisotopic (exact) mass is 681 g/mol. The first kappa shape index (κ1) is 40.9. The van der Waals surface area contributed by atoms with Crippen LogP contribution in [-0.4, -0.2) is 81.5 Å². The lowest BCUT2D eigenvalue weighted by molar-refractivity contribution is 0.0622. The van der Waals surface area contributed by atoms with Crippen molar-refractivity contribution < 1.29 is 33.5 Å². The summed E-state index contributed by atoms with van der Waals surface area (Å²) in [4.78, 5) is 54.3. The van der Waals surface area contributed by atoms with Crippen LogP contribution >= 0.6 is 0 Å². The Labute approximate surface area is 287 Å². The average molecular weight is 682 g/mol. The Hall–Kier alpha value is -3.29. The predicted octanol–water partition coefficient (Wildman–Crippen LogP) is 5.16. The number of unbranched alkanes of at least 4 members (excludes halogenated alkanes) is 1. The van der Waals surface area contributed by atoms with Gasteiger partial charge in [0, 0.05) is 38.3 Å². The van der Waals surface area contributed by atoms with E-state index < -0.39 is 18.3 Å². The molecule has 0 aliphatic heterocycles. The van der Waals surface area contributed by atoms with Crippen molar-refractivity contribution >= 4 is 30.0 Å². The number of carbonyl (C=O) groups is 4. The van der Waals surface area contributed by atoms with Crippen molar-refractivity contribution in [2.75, 3.05) is 39.4 Å². The van der Waals surface area contributed by atoms with E-state index >= 15 is 0 Å². The van der Waals surface area contributed by atoms with Crippen molar-refractivity contribution in [1.29, 1.82) is 0 Å². The quantitative estimate of drug-likeness (QED) is 0.0590. The first-order chi connectivity index (χ1) is 22.4. The van der Waals surface area contributed by atoms with Crippen molar-refractivity contribution in [3.05, 3.63) is 0 Å². The molecule has 2 saturated carbocycles. The maximum absolute atomic E-state index is 12.4. The molecule has 0 aromatic heterocycles. The minimum Gasteiger partial charge on any atom is -0.450 e. The number of hydrogen-bond acceptors (Lipinski definition) is 9. The molecule has 4 unspecified atom stereocenters. The van der Waals surface area contributed by atoms with Gasteiger partial charge in [0.25, 0.3) is 0 Å². The highest BCUT2D eigenvalue weighted by Crippen LogP contribution is 2.46. The molecule has 2 rings (SSSR count). The normalized spacial score (nSPS) is 26.4. The molecule has 48 heavy (non-hydrogen) atoms. The van der Waals surface area contributed by atoms with Crippen molar-refractivity contribution in [1.82, 2.24) is 26.6 Å². The van der Waals surface area contributed by atoms with Crippen LogP contribution in [0.3, 0.4) is 0 Å². The number of alkyl carbamates (subject to hydrolysis) is 2. The van der Waals surface area contributed by atoms with Crippen molar-refractivity contribution in [2.24, 2.45) is 32.5 Å². The molecule has 0 heterocycles. The highest BCUT2D eigenvalue weighted by atomic mass is 16.7. The SMILES string of the molecule is CC/C(C)=N/OC(=O)NC1CC(C)(C)CC(C)(CNC(=O)OCCCCOC(=O)NCC2(C)CC(NC(=O)NCCN)CC(C)(C)C2)C1. The topological polar surface area (TPSA) is 194 Å². The fourth-order valence-electron chi connectivity index (χ4n) is 7.75. The number of nitrogens with zero attached hydrogens (tertiary/aromatic N) is 1. The van der Waals surface area contributed by atoms with Gasteiger partial charge in [-0.05, 0) is 86.4 Å². The van der Waals surface area contributed by atoms with Crippen LogP contribution in [-0.2, 0) is 14.3 Å². The van der Waals surface area contributed by atoms with Crippen LogP contribution < -0.4 is 32.3 Å². The standard InChI is InChI=1S/C34H63N7O7/c1-9-24(2)41-48-30(45)40-26-17-32(5,6)21-34(8,19-26)23-38-29(44)47-15-11-10-14-46-28(43)37-22-33(7)18-25(16-31(3,4)20-33)39-27(42)36-13-12-35/h25-26H,9-23,35H2,1-8H3,(H,37,43)(H,38,44)(H,40,45)(H2,36,39,42)/b41-24+. The molecule has 0 aromatic rings. The Morgan fingerprint density at radius 1 is 0.729 bits per heavy atom. The van der Waals surface area contributed by atoms with Crippen LogP contribution in [0.4, 0.5) is 19.2 Å². The Bertz CT molecular complexity index is 1120. The number of nitrogens with one attached hydrogen (secondary N) is 5. The second kappa shape index (κ2) is 18.5. The summed E-state index contributed by atoms with van der Waals surface area (Å²) in [5.74, 6) is 0. The summed E-state index contributed by atoms with van der Waals surface area (Å²) in [7, 11) is 0. The third-order valence-electron chi connectivity index (χ3n) is 9.09. The fourth-order valence-corrected chi connectivity index (χ4v) is 7.75. The molecular formula is C34H63N7O7. The number of urea groups is 1. The van der Waals surface area contributed by atoms with E-state index in [4.69, 9.17) is 20.0 Å². The van der Waals surface area contributed by atoms with E-state index in [1.807, 2.05) is 6.92 Å². The molecule has 5 amide bonds. The molecule has 2 fully saturated rings. The highest BCUT2D eigenvalue weighted by Gasteiger charge is 2.43. The summed E-state index contributed by atoms with van der Waals surface area (Å²) in [6, 6.07) is -0.342. The maximum atomic E-state index is 12.4. The van der Waals surface area contributed by atoms with Gasteiger partial charge >= 0.3 is 24.3 Å². The van der Waals surface area contributed by atoms with Crippen LogP contribution in [0.1, 0.15) is 113 Å². The van der Waals surface area contributed by atoms with Gasteiger partial charge in [-0.1, -0.05) is 53.6 Å². The first-order valence-corrected chi connectivity index (χ1v) is 17.4. The molecule has 4 atom stereocenters. The average Bonchev–Trinajstić information content (AvgIpc) is 2.96. The molecule has 0 spiro atoms. The van der Waals surface area contributed by atoms with Gasteiger partial charge in [-0.2, -0.15) is 0 Å². The second-order valence-corrected chi connectivity index (χ2v) is 16.1. The van der Waals surface area contributed by atoms with Crippen molar-refractivity contribution in [3.8, 4) is 0 Å². The number of ether oxygens (including phenoxy) is 2. The van der Waals surface area contributed by atoms with Gasteiger partial charge in [0.2, 0.25) is 0 Å². The van der Waals surface area contributed by atoms with Gasteiger partial charge in [0.05, 0.1) is 18.9 Å². The Balaban J connectivity index is 1.66. The number of amides is 5. The Kier molecular flexibility index (Phi) is 15.7. The highest BCUT2D eigenvalue weighted by molar-refractivity contribution is 5.82. The summed E-state index contributed by atoms with van der Waals surface area (Å²) >= 11 is 0. The lowest BCUT2D eigenvalue weighted by Gasteiger charge is -2.46. The van der Waals surface area contributed by atoms with Crippen molar-refractivity contribution in [3.63, 3.8) is 0 Å². The molecule has 2 aliphatic carbocycles. The van der Waals surface area contributed by atoms with E-state index in [0.717, 1.165) is 37.8 Å². The van der Waals surface area contributed by atoms with Gasteiger partial charge in [-0.3, -0.25) is 4.84 Å². The number of carbonyl (C=O) groups excluding carboxylic acids is 4. The lowest BCUT2D eigenvalue weighted by atomic mass is 9.62. The fraction of sp³-hybridized carbons (Fsp3) is 0.853. The molecule has 14 nitrogen and oxygen atoms in total. The minimum absolute atomic E-state index is 0.000308. The second-order valence-electron chi connectivity index (χ2n) is 16.1. The van der Waals surface area contributed by atoms with Crippen LogP contribution in [0.5, 0.6) is 0 Å². The summed E-state index contributed by atoms with van der Waals surface area (Å²) in [5.41, 5.74) is 5.72. The summed E-state index contributed by atoms with van der Waals surface area (Å²) in [6.07, 6.45) is 5.08. The van der Waals surface area contributed by atoms with Crippen molar-refractivity contribution in [2.45, 2.75) is 125 Å². The van der Waals surface area contributed by atoms with Crippen LogP contribution in [0.15, 0.2) is 5.16 Å². The zero-order valence-corrected chi connectivity index (χ0v) is 30.6. The smallest absolute Gasteiger partial charge is 0.433 e. The molecule has 0 bridgehead atoms. The van der Waals surface area contributed by atoms with E-state index in [0.29, 0.717) is 51.9 Å². The van der Waals surface area contributed by atoms with Gasteiger partial charge < -0.3 is 41.8 Å². The molecule has 276 valence electrons. The van der Waals surface area contributed by atoms with Crippen LogP contribution in [0.25, 0.3) is 0 Å². The summed E-state index contributed by atoms with van der Waals surface area (Å²) < 4.78 is 10.7. The van der Waals surface area contributed by atoms with E-state index in [1.165, 1.54) is 0 Å². The van der Waals surface area contributed by atoms with E-state index in [1.54, 1.807) is 6.92 Å². The molecule has 0 saturated heterocycles. The molecule has 0 aromatic carbocycles. The first-order valence-electron chi connectivity index (χ1n) is 17.4. The number of oxime groups is 1. The lowest BCUT2D eigenvalue weighted by Crippen LogP contribution is -2.52. The minimum atomic E-state index is -0.572. The maximum Gasteiger partial charge on any atom is 0.433 e. The molecule has 2 aliphatic rings. The Morgan fingerprint density at radius 2 is 1.21 bits per heavy atom. The molecular weight excluding hydrogens is 618 g/mol. The van der Waals surface area contributed by atoms with Gasteiger partial charge in [-0.15, -0.1) is 0 Å². The number of rotatable bonds is 15. The van der Waals surface area contributed by atoms with E-state index in [9.17, 15) is 19.2 Å². The van der Waals surface area contributed by atoms with E-state index in [-0.39, 0.29) is 53.0 Å². The van der Waals surface area contributed by atoms with Gasteiger partial charge in [0.15, 0.2) is 0 Å². The zero-order valence-electron chi connectivity index (χ0n) is 30.6. The zero-order chi connectivity index (χ0) is 36.0. The van der Waals surface area contributed by atoms with Crippen LogP contribution in [0.2, 0.25) is 0 Å². The van der Waals surface area contributed by atoms with Gasteiger partial charge in [0.1, 0.15) is 0 Å². The largest absolute Gasteiger partial charge is 0.450 e. The molecule has 7 N–H and O–H groups in total. The Morgan fingerprint density at radius 3 is 1.67 bits per heavy atom. The third kappa shape index (κ3) is 15.7. The molecule has 0 radical (unpaired) electrons. The van der Waals surface area contributed by atoms with E-state index in [2.05, 4.69) is 73.3 Å². The number of nitrogens with two attached hydrogens (primary N) is 1. The summed E-state index contributed by atoms with van der Waals surface area (Å²) in [5, 5.41) is 18.3. The third-order valence-corrected chi connectivity index (χ3v) is 9.09. The summed E-state index contributed by atoms with van der Waals surface area (Å²) in [6.45, 7) is 18.7. The van der Waals surface area contributed by atoms with Crippen LogP contribution in [0, 0.1) is 21.7 Å². The number of hydrogen-bond donors (Lipinski definition) is 6. The molecule has 14 heteroatoms.